The van der Waals surface area contributed by atoms with Crippen LogP contribution in [0.15, 0.2) is 24.3 Å². The van der Waals surface area contributed by atoms with Crippen molar-refractivity contribution in [2.24, 2.45) is 0 Å². The van der Waals surface area contributed by atoms with Crippen molar-refractivity contribution in [3.63, 3.8) is 0 Å². The van der Waals surface area contributed by atoms with Crippen molar-refractivity contribution in [1.82, 2.24) is 10.2 Å². The molecule has 0 spiro atoms. The summed E-state index contributed by atoms with van der Waals surface area (Å²) in [5.74, 6) is -0.240. The SMILES string of the molecule is CCN(C)C(=O)CNCC(=O)Nc1ccc(Cl)cc1. The molecular weight excluding hydrogens is 266 g/mol. The van der Waals surface area contributed by atoms with Gasteiger partial charge in [-0.15, -0.1) is 0 Å². The summed E-state index contributed by atoms with van der Waals surface area (Å²) in [6.45, 7) is 2.78. The van der Waals surface area contributed by atoms with E-state index in [0.717, 1.165) is 0 Å². The summed E-state index contributed by atoms with van der Waals surface area (Å²) < 4.78 is 0. The van der Waals surface area contributed by atoms with Crippen LogP contribution in [0.5, 0.6) is 0 Å². The molecule has 0 aromatic heterocycles. The van der Waals surface area contributed by atoms with Crippen LogP contribution in [-0.4, -0.2) is 43.4 Å². The van der Waals surface area contributed by atoms with E-state index in [4.69, 9.17) is 11.6 Å². The lowest BCUT2D eigenvalue weighted by Crippen LogP contribution is -2.38. The number of carbonyl (C=O) groups excluding carboxylic acids is 2. The van der Waals surface area contributed by atoms with E-state index in [9.17, 15) is 9.59 Å². The van der Waals surface area contributed by atoms with Crippen LogP contribution in [0.1, 0.15) is 6.92 Å². The van der Waals surface area contributed by atoms with Crippen LogP contribution in [0.3, 0.4) is 0 Å². The highest BCUT2D eigenvalue weighted by Crippen LogP contribution is 2.12. The smallest absolute Gasteiger partial charge is 0.238 e. The first-order valence-electron chi connectivity index (χ1n) is 6.03. The maximum Gasteiger partial charge on any atom is 0.238 e. The molecule has 0 fully saturated rings. The Bertz CT molecular complexity index is 434. The third-order valence-corrected chi connectivity index (χ3v) is 2.84. The second kappa shape index (κ2) is 7.76. The predicted molar refractivity (Wildman–Crippen MR) is 76.3 cm³/mol. The quantitative estimate of drug-likeness (QED) is 0.828. The molecule has 6 heteroatoms. The predicted octanol–water partition coefficient (Wildman–Crippen LogP) is 1.35. The Morgan fingerprint density at radius 1 is 1.21 bits per heavy atom. The zero-order chi connectivity index (χ0) is 14.3. The Kier molecular flexibility index (Phi) is 6.32. The highest BCUT2D eigenvalue weighted by atomic mass is 35.5. The standard InChI is InChI=1S/C13H18ClN3O2/c1-3-17(2)13(19)9-15-8-12(18)16-11-6-4-10(14)5-7-11/h4-7,15H,3,8-9H2,1-2H3,(H,16,18). The van der Waals surface area contributed by atoms with Crippen LogP contribution in [0.2, 0.25) is 5.02 Å². The van der Waals surface area contributed by atoms with E-state index in [-0.39, 0.29) is 24.9 Å². The van der Waals surface area contributed by atoms with Gasteiger partial charge in [-0.25, -0.2) is 0 Å². The summed E-state index contributed by atoms with van der Waals surface area (Å²) in [5.41, 5.74) is 0.674. The van der Waals surface area contributed by atoms with Gasteiger partial charge in [-0.1, -0.05) is 11.6 Å². The van der Waals surface area contributed by atoms with Crippen LogP contribution in [0, 0.1) is 0 Å². The number of anilines is 1. The average molecular weight is 284 g/mol. The summed E-state index contributed by atoms with van der Waals surface area (Å²) in [6, 6.07) is 6.83. The maximum atomic E-state index is 11.6. The first-order valence-corrected chi connectivity index (χ1v) is 6.40. The number of nitrogens with zero attached hydrogens (tertiary/aromatic N) is 1. The largest absolute Gasteiger partial charge is 0.345 e. The van der Waals surface area contributed by atoms with Gasteiger partial charge in [0.2, 0.25) is 11.8 Å². The topological polar surface area (TPSA) is 61.4 Å². The molecule has 0 radical (unpaired) electrons. The van der Waals surface area contributed by atoms with Gasteiger partial charge in [-0.05, 0) is 31.2 Å². The Labute approximate surface area is 117 Å². The zero-order valence-corrected chi connectivity index (χ0v) is 11.8. The number of benzene rings is 1. The number of rotatable bonds is 6. The van der Waals surface area contributed by atoms with Gasteiger partial charge in [-0.2, -0.15) is 0 Å². The lowest BCUT2D eigenvalue weighted by molar-refractivity contribution is -0.128. The fraction of sp³-hybridized carbons (Fsp3) is 0.385. The summed E-state index contributed by atoms with van der Waals surface area (Å²) in [7, 11) is 1.72. The van der Waals surface area contributed by atoms with Gasteiger partial charge in [0.15, 0.2) is 0 Å². The highest BCUT2D eigenvalue weighted by molar-refractivity contribution is 6.30. The fourth-order valence-electron chi connectivity index (χ4n) is 1.33. The molecule has 0 saturated carbocycles. The van der Waals surface area contributed by atoms with Gasteiger partial charge in [0.1, 0.15) is 0 Å². The molecule has 0 bridgehead atoms. The number of carbonyl (C=O) groups is 2. The van der Waals surface area contributed by atoms with E-state index in [2.05, 4.69) is 10.6 Å². The minimum absolute atomic E-state index is 0.0400. The fourth-order valence-corrected chi connectivity index (χ4v) is 1.46. The molecule has 0 atom stereocenters. The lowest BCUT2D eigenvalue weighted by Gasteiger charge is -2.14. The Hall–Kier alpha value is -1.59. The van der Waals surface area contributed by atoms with E-state index >= 15 is 0 Å². The van der Waals surface area contributed by atoms with Gasteiger partial charge in [-0.3, -0.25) is 14.9 Å². The molecule has 5 nitrogen and oxygen atoms in total. The van der Waals surface area contributed by atoms with Gasteiger partial charge in [0, 0.05) is 24.3 Å². The Balaban J connectivity index is 2.28. The zero-order valence-electron chi connectivity index (χ0n) is 11.1. The second-order valence-corrected chi connectivity index (χ2v) is 4.50. The minimum atomic E-state index is -0.200. The molecule has 1 rings (SSSR count). The Morgan fingerprint density at radius 2 is 1.84 bits per heavy atom. The second-order valence-electron chi connectivity index (χ2n) is 4.07. The van der Waals surface area contributed by atoms with Crippen molar-refractivity contribution in [3.8, 4) is 0 Å². The minimum Gasteiger partial charge on any atom is -0.345 e. The van der Waals surface area contributed by atoms with Crippen LogP contribution in [-0.2, 0) is 9.59 Å². The van der Waals surface area contributed by atoms with Crippen molar-refractivity contribution in [2.75, 3.05) is 32.0 Å². The number of nitrogens with one attached hydrogen (secondary N) is 2. The first-order chi connectivity index (χ1) is 9.02. The third kappa shape index (κ3) is 5.72. The maximum absolute atomic E-state index is 11.6. The van der Waals surface area contributed by atoms with E-state index < -0.39 is 0 Å². The van der Waals surface area contributed by atoms with Crippen LogP contribution in [0.4, 0.5) is 5.69 Å². The number of halogens is 1. The summed E-state index contributed by atoms with van der Waals surface area (Å²) in [4.78, 5) is 24.6. The Morgan fingerprint density at radius 3 is 2.42 bits per heavy atom. The average Bonchev–Trinajstić information content (AvgIpc) is 2.40. The van der Waals surface area contributed by atoms with Crippen molar-refractivity contribution in [2.45, 2.75) is 6.92 Å². The summed E-state index contributed by atoms with van der Waals surface area (Å²) in [5, 5.41) is 6.12. The monoisotopic (exact) mass is 283 g/mol. The van der Waals surface area contributed by atoms with Gasteiger partial charge in [0.05, 0.1) is 13.1 Å². The van der Waals surface area contributed by atoms with Crippen LogP contribution < -0.4 is 10.6 Å². The molecule has 0 unspecified atom stereocenters. The van der Waals surface area contributed by atoms with E-state index in [0.29, 0.717) is 17.3 Å². The third-order valence-electron chi connectivity index (χ3n) is 2.59. The van der Waals surface area contributed by atoms with Crippen molar-refractivity contribution in [3.05, 3.63) is 29.3 Å². The van der Waals surface area contributed by atoms with Crippen molar-refractivity contribution < 1.29 is 9.59 Å². The molecular formula is C13H18ClN3O2. The molecule has 1 aromatic carbocycles. The molecule has 0 aliphatic heterocycles. The van der Waals surface area contributed by atoms with Crippen molar-refractivity contribution in [1.29, 1.82) is 0 Å². The molecule has 0 saturated heterocycles. The molecule has 0 heterocycles. The van der Waals surface area contributed by atoms with Crippen molar-refractivity contribution >= 4 is 29.1 Å². The molecule has 0 aliphatic rings. The van der Waals surface area contributed by atoms with Gasteiger partial charge >= 0.3 is 0 Å². The normalized spacial score (nSPS) is 10.1. The molecule has 19 heavy (non-hydrogen) atoms. The van der Waals surface area contributed by atoms with Gasteiger partial charge in [0.25, 0.3) is 0 Å². The van der Waals surface area contributed by atoms with Crippen LogP contribution >= 0.6 is 11.6 Å². The molecule has 0 aliphatic carbocycles. The van der Waals surface area contributed by atoms with Gasteiger partial charge < -0.3 is 10.2 Å². The summed E-state index contributed by atoms with van der Waals surface area (Å²) in [6.07, 6.45) is 0. The summed E-state index contributed by atoms with van der Waals surface area (Å²) >= 11 is 5.74. The number of hydrogen-bond acceptors (Lipinski definition) is 3. The van der Waals surface area contributed by atoms with Crippen LogP contribution in [0.25, 0.3) is 0 Å². The molecule has 2 amide bonds. The van der Waals surface area contributed by atoms with E-state index in [1.165, 1.54) is 0 Å². The number of hydrogen-bond donors (Lipinski definition) is 2. The molecule has 104 valence electrons. The lowest BCUT2D eigenvalue weighted by atomic mass is 10.3. The first kappa shape index (κ1) is 15.5. The van der Waals surface area contributed by atoms with E-state index in [1.54, 1.807) is 36.2 Å². The highest BCUT2D eigenvalue weighted by Gasteiger charge is 2.07. The molecule has 2 N–H and O–H groups in total. The van der Waals surface area contributed by atoms with E-state index in [1.807, 2.05) is 6.92 Å². The number of amides is 2. The molecule has 1 aromatic rings. The number of likely N-dealkylation sites (N-methyl/N-ethyl adjacent to an activating group) is 1.